The molecule has 0 saturated heterocycles. The number of nitrogens with one attached hydrogen (secondary N) is 1. The van der Waals surface area contributed by atoms with E-state index in [2.05, 4.69) is 21.2 Å². The molecular formula is C18H17BrClNO4. The molecule has 132 valence electrons. The number of halogens is 2. The van der Waals surface area contributed by atoms with Crippen LogP contribution in [-0.4, -0.2) is 32.3 Å². The monoisotopic (exact) mass is 425 g/mol. The minimum Gasteiger partial charge on any atom is -0.492 e. The summed E-state index contributed by atoms with van der Waals surface area (Å²) in [7, 11) is 0. The summed E-state index contributed by atoms with van der Waals surface area (Å²) < 4.78 is 17.4. The van der Waals surface area contributed by atoms with Crippen LogP contribution in [0, 0.1) is 0 Å². The number of fused-ring (bicyclic) bond motifs is 1. The van der Waals surface area contributed by atoms with E-state index in [0.29, 0.717) is 48.6 Å². The SMILES string of the molecule is O=C(Cc1cc2c(cc1Br)OCCO2)NCCOc1cccc(Cl)c1. The van der Waals surface area contributed by atoms with Crippen molar-refractivity contribution in [2.24, 2.45) is 0 Å². The second-order valence-electron chi connectivity index (χ2n) is 5.42. The first-order valence-corrected chi connectivity index (χ1v) is 9.02. The van der Waals surface area contributed by atoms with Crippen LogP contribution in [0.4, 0.5) is 0 Å². The lowest BCUT2D eigenvalue weighted by atomic mass is 10.1. The molecule has 0 spiro atoms. The number of hydrogen-bond acceptors (Lipinski definition) is 4. The van der Waals surface area contributed by atoms with Gasteiger partial charge in [-0.3, -0.25) is 4.79 Å². The summed E-state index contributed by atoms with van der Waals surface area (Å²) in [6.07, 6.45) is 0.244. The van der Waals surface area contributed by atoms with Gasteiger partial charge in [0.25, 0.3) is 0 Å². The first kappa shape index (κ1) is 17.9. The first-order valence-electron chi connectivity index (χ1n) is 7.85. The fourth-order valence-corrected chi connectivity index (χ4v) is 3.04. The second-order valence-corrected chi connectivity index (χ2v) is 6.71. The molecule has 0 atom stereocenters. The van der Waals surface area contributed by atoms with E-state index >= 15 is 0 Å². The molecule has 1 aliphatic rings. The molecule has 1 aliphatic heterocycles. The average Bonchev–Trinajstić information content (AvgIpc) is 2.59. The second kappa shape index (κ2) is 8.45. The molecule has 1 N–H and O–H groups in total. The molecular weight excluding hydrogens is 410 g/mol. The van der Waals surface area contributed by atoms with Gasteiger partial charge < -0.3 is 19.5 Å². The fourth-order valence-electron chi connectivity index (χ4n) is 2.39. The van der Waals surface area contributed by atoms with E-state index in [4.69, 9.17) is 25.8 Å². The Kier molecular flexibility index (Phi) is 6.04. The summed E-state index contributed by atoms with van der Waals surface area (Å²) in [4.78, 5) is 12.1. The molecule has 5 nitrogen and oxygen atoms in total. The quantitative estimate of drug-likeness (QED) is 0.717. The van der Waals surface area contributed by atoms with Crippen LogP contribution in [-0.2, 0) is 11.2 Å². The Labute approximate surface area is 159 Å². The van der Waals surface area contributed by atoms with Gasteiger partial charge in [0, 0.05) is 9.50 Å². The Morgan fingerprint density at radius 2 is 1.96 bits per heavy atom. The van der Waals surface area contributed by atoms with E-state index in [1.165, 1.54) is 0 Å². The van der Waals surface area contributed by atoms with Crippen molar-refractivity contribution < 1.29 is 19.0 Å². The van der Waals surface area contributed by atoms with Crippen molar-refractivity contribution in [1.29, 1.82) is 0 Å². The van der Waals surface area contributed by atoms with E-state index < -0.39 is 0 Å². The van der Waals surface area contributed by atoms with Crippen molar-refractivity contribution in [2.45, 2.75) is 6.42 Å². The molecule has 0 bridgehead atoms. The minimum atomic E-state index is -0.0907. The maximum atomic E-state index is 12.1. The van der Waals surface area contributed by atoms with Crippen LogP contribution in [0.25, 0.3) is 0 Å². The Hall–Kier alpha value is -1.92. The Bertz CT molecular complexity index is 769. The third-order valence-corrected chi connectivity index (χ3v) is 4.52. The molecule has 2 aromatic carbocycles. The fraction of sp³-hybridized carbons (Fsp3) is 0.278. The molecule has 0 aromatic heterocycles. The molecule has 0 fully saturated rings. The lowest BCUT2D eigenvalue weighted by molar-refractivity contribution is -0.120. The minimum absolute atomic E-state index is 0.0907. The van der Waals surface area contributed by atoms with Gasteiger partial charge in [0.1, 0.15) is 25.6 Å². The van der Waals surface area contributed by atoms with Crippen molar-refractivity contribution in [3.63, 3.8) is 0 Å². The zero-order valence-electron chi connectivity index (χ0n) is 13.4. The summed E-state index contributed by atoms with van der Waals surface area (Å²) in [6.45, 7) is 1.83. The number of rotatable bonds is 6. The van der Waals surface area contributed by atoms with Crippen molar-refractivity contribution in [1.82, 2.24) is 5.32 Å². The summed E-state index contributed by atoms with van der Waals surface area (Å²) in [5.74, 6) is 1.95. The Morgan fingerprint density at radius 3 is 2.72 bits per heavy atom. The van der Waals surface area contributed by atoms with Crippen molar-refractivity contribution in [3.05, 3.63) is 51.5 Å². The highest BCUT2D eigenvalue weighted by atomic mass is 79.9. The number of amides is 1. The molecule has 0 saturated carbocycles. The van der Waals surface area contributed by atoms with Gasteiger partial charge in [-0.2, -0.15) is 0 Å². The number of ether oxygens (including phenoxy) is 3. The van der Waals surface area contributed by atoms with Gasteiger partial charge in [-0.1, -0.05) is 33.6 Å². The molecule has 25 heavy (non-hydrogen) atoms. The highest BCUT2D eigenvalue weighted by molar-refractivity contribution is 9.10. The molecule has 3 rings (SSSR count). The lowest BCUT2D eigenvalue weighted by Gasteiger charge is -2.19. The van der Waals surface area contributed by atoms with E-state index in [1.807, 2.05) is 24.3 Å². The number of carbonyl (C=O) groups is 1. The summed E-state index contributed by atoms with van der Waals surface area (Å²) >= 11 is 9.36. The van der Waals surface area contributed by atoms with E-state index in [-0.39, 0.29) is 12.3 Å². The van der Waals surface area contributed by atoms with Crippen LogP contribution >= 0.6 is 27.5 Å². The third-order valence-electron chi connectivity index (χ3n) is 3.55. The smallest absolute Gasteiger partial charge is 0.224 e. The van der Waals surface area contributed by atoms with Gasteiger partial charge in [-0.25, -0.2) is 0 Å². The van der Waals surface area contributed by atoms with Crippen molar-refractivity contribution in [3.8, 4) is 17.2 Å². The first-order chi connectivity index (χ1) is 12.1. The van der Waals surface area contributed by atoms with Crippen molar-refractivity contribution in [2.75, 3.05) is 26.4 Å². The molecule has 0 radical (unpaired) electrons. The van der Waals surface area contributed by atoms with E-state index in [1.54, 1.807) is 12.1 Å². The lowest BCUT2D eigenvalue weighted by Crippen LogP contribution is -2.29. The molecule has 2 aromatic rings. The highest BCUT2D eigenvalue weighted by Crippen LogP contribution is 2.35. The molecule has 7 heteroatoms. The standard InChI is InChI=1S/C18H17BrClNO4/c19-15-11-17-16(24-6-7-25-17)8-12(15)9-18(22)21-4-5-23-14-3-1-2-13(20)10-14/h1-3,8,10-11H,4-7,9H2,(H,21,22). The Balaban J connectivity index is 1.48. The molecule has 0 unspecified atom stereocenters. The molecule has 1 heterocycles. The normalized spacial score (nSPS) is 12.6. The van der Waals surface area contributed by atoms with Crippen molar-refractivity contribution >= 4 is 33.4 Å². The van der Waals surface area contributed by atoms with Gasteiger partial charge in [0.2, 0.25) is 5.91 Å². The van der Waals surface area contributed by atoms with Gasteiger partial charge >= 0.3 is 0 Å². The largest absolute Gasteiger partial charge is 0.492 e. The predicted molar refractivity (Wildman–Crippen MR) is 98.8 cm³/mol. The van der Waals surface area contributed by atoms with Gasteiger partial charge in [-0.05, 0) is 35.9 Å². The zero-order valence-corrected chi connectivity index (χ0v) is 15.7. The summed E-state index contributed by atoms with van der Waals surface area (Å²) in [6, 6.07) is 10.8. The van der Waals surface area contributed by atoms with Crippen LogP contribution in [0.15, 0.2) is 40.9 Å². The number of benzene rings is 2. The summed E-state index contributed by atoms with van der Waals surface area (Å²) in [5, 5.41) is 3.45. The predicted octanol–water partition coefficient (Wildman–Crippen LogP) is 3.61. The van der Waals surface area contributed by atoms with E-state index in [0.717, 1.165) is 10.0 Å². The van der Waals surface area contributed by atoms with Crippen LogP contribution in [0.5, 0.6) is 17.2 Å². The third kappa shape index (κ3) is 5.03. The van der Waals surface area contributed by atoms with Gasteiger partial charge in [-0.15, -0.1) is 0 Å². The van der Waals surface area contributed by atoms with Crippen LogP contribution in [0.1, 0.15) is 5.56 Å². The topological polar surface area (TPSA) is 56.8 Å². The zero-order chi connectivity index (χ0) is 17.6. The maximum Gasteiger partial charge on any atom is 0.224 e. The molecule has 1 amide bonds. The maximum absolute atomic E-state index is 12.1. The van der Waals surface area contributed by atoms with Crippen LogP contribution in [0.3, 0.4) is 0 Å². The highest BCUT2D eigenvalue weighted by Gasteiger charge is 2.16. The number of hydrogen-bond donors (Lipinski definition) is 1. The Morgan fingerprint density at radius 1 is 1.20 bits per heavy atom. The van der Waals surface area contributed by atoms with Crippen LogP contribution in [0.2, 0.25) is 5.02 Å². The number of carbonyl (C=O) groups excluding carboxylic acids is 1. The molecule has 0 aliphatic carbocycles. The van der Waals surface area contributed by atoms with Gasteiger partial charge in [0.05, 0.1) is 13.0 Å². The van der Waals surface area contributed by atoms with Crippen LogP contribution < -0.4 is 19.5 Å². The van der Waals surface area contributed by atoms with Gasteiger partial charge in [0.15, 0.2) is 11.5 Å². The van der Waals surface area contributed by atoms with E-state index in [9.17, 15) is 4.79 Å². The average molecular weight is 427 g/mol. The summed E-state index contributed by atoms with van der Waals surface area (Å²) in [5.41, 5.74) is 0.845.